The van der Waals surface area contributed by atoms with E-state index in [2.05, 4.69) is 9.98 Å². The third kappa shape index (κ3) is 5.04. The molecule has 0 unspecified atom stereocenters. The highest BCUT2D eigenvalue weighted by Crippen LogP contribution is 2.29. The summed E-state index contributed by atoms with van der Waals surface area (Å²) in [7, 11) is 0. The van der Waals surface area contributed by atoms with E-state index >= 15 is 0 Å². The number of nitrogens with zero attached hydrogens (tertiary/aromatic N) is 3. The molecule has 0 spiro atoms. The lowest BCUT2D eigenvalue weighted by atomic mass is 10.00. The molecular formula is C22H17ClFN3O4. The van der Waals surface area contributed by atoms with E-state index in [1.807, 2.05) is 11.5 Å². The Kier molecular flexibility index (Phi) is 5.12. The van der Waals surface area contributed by atoms with Gasteiger partial charge < -0.3 is 10.2 Å². The van der Waals surface area contributed by atoms with E-state index < -0.39 is 41.9 Å². The van der Waals surface area contributed by atoms with Crippen LogP contribution in [0.3, 0.4) is 0 Å². The molecule has 2 heterocycles. The minimum absolute atomic E-state index is 0.139. The summed E-state index contributed by atoms with van der Waals surface area (Å²) in [6.45, 7) is 2.02. The molecule has 1 aliphatic rings. The summed E-state index contributed by atoms with van der Waals surface area (Å²) < 4.78 is 48.3. The second kappa shape index (κ2) is 9.36. The number of halogens is 2. The number of carbonyl (C=O) groups is 2. The molecular weight excluding hydrogens is 425 g/mol. The minimum atomic E-state index is -1.26. The molecule has 0 amide bonds. The van der Waals surface area contributed by atoms with Crippen LogP contribution in [0.4, 0.5) is 4.39 Å². The Balaban J connectivity index is 0.000000371. The summed E-state index contributed by atoms with van der Waals surface area (Å²) in [6, 6.07) is 2.75. The normalized spacial score (nSPS) is 14.0. The van der Waals surface area contributed by atoms with Gasteiger partial charge in [-0.25, -0.2) is 19.0 Å². The number of benzene rings is 2. The van der Waals surface area contributed by atoms with Gasteiger partial charge in [-0.15, -0.1) is 0 Å². The summed E-state index contributed by atoms with van der Waals surface area (Å²) in [6.07, 6.45) is 2.79. The number of rotatable bonds is 3. The van der Waals surface area contributed by atoms with E-state index in [9.17, 15) is 14.0 Å². The molecule has 0 aliphatic carbocycles. The van der Waals surface area contributed by atoms with Gasteiger partial charge in [0, 0.05) is 28.3 Å². The molecule has 9 heteroatoms. The zero-order valence-corrected chi connectivity index (χ0v) is 16.7. The van der Waals surface area contributed by atoms with Gasteiger partial charge in [0.25, 0.3) is 0 Å². The lowest BCUT2D eigenvalue weighted by Crippen LogP contribution is -2.09. The first-order valence-corrected chi connectivity index (χ1v) is 9.09. The molecule has 2 aromatic carbocycles. The Labute approximate surface area is 187 Å². The van der Waals surface area contributed by atoms with Crippen LogP contribution in [0.2, 0.25) is 5.02 Å². The van der Waals surface area contributed by atoms with Crippen molar-refractivity contribution in [3.63, 3.8) is 0 Å². The van der Waals surface area contributed by atoms with E-state index in [0.717, 1.165) is 11.5 Å². The minimum Gasteiger partial charge on any atom is -0.478 e. The molecule has 4 rings (SSSR count). The molecule has 0 saturated heterocycles. The van der Waals surface area contributed by atoms with Crippen LogP contribution in [0, 0.1) is 12.7 Å². The number of aliphatic carboxylic acids is 2. The molecule has 0 radical (unpaired) electrons. The topological polar surface area (TPSA) is 105 Å². The van der Waals surface area contributed by atoms with Crippen molar-refractivity contribution < 1.29 is 29.7 Å². The first-order valence-electron chi connectivity index (χ1n) is 10.7. The molecule has 158 valence electrons. The number of hydrogen-bond acceptors (Lipinski definition) is 4. The van der Waals surface area contributed by atoms with E-state index in [4.69, 9.17) is 27.3 Å². The average Bonchev–Trinajstić information content (AvgIpc) is 3.09. The fourth-order valence-corrected chi connectivity index (χ4v) is 3.06. The van der Waals surface area contributed by atoms with Crippen molar-refractivity contribution >= 4 is 29.3 Å². The lowest BCUT2D eigenvalue weighted by molar-refractivity contribution is -0.134. The van der Waals surface area contributed by atoms with Gasteiger partial charge in [0.05, 0.1) is 35.3 Å². The Hall–Kier alpha value is -3.78. The molecule has 0 fully saturated rings. The molecule has 7 nitrogen and oxygen atoms in total. The maximum Gasteiger partial charge on any atom is 0.328 e. The van der Waals surface area contributed by atoms with Crippen LogP contribution in [-0.4, -0.2) is 37.4 Å². The van der Waals surface area contributed by atoms with Crippen molar-refractivity contribution in [1.82, 2.24) is 9.55 Å². The van der Waals surface area contributed by atoms with Crippen molar-refractivity contribution in [3.8, 4) is 5.69 Å². The Morgan fingerprint density at radius 2 is 1.87 bits per heavy atom. The summed E-state index contributed by atoms with van der Waals surface area (Å²) in [5.74, 6) is -2.83. The van der Waals surface area contributed by atoms with Gasteiger partial charge >= 0.3 is 11.9 Å². The predicted octanol–water partition coefficient (Wildman–Crippen LogP) is 4.04. The first kappa shape index (κ1) is 17.0. The van der Waals surface area contributed by atoms with Gasteiger partial charge in [0.2, 0.25) is 0 Å². The zero-order chi connectivity index (χ0) is 26.0. The number of imidazole rings is 1. The third-order valence-electron chi connectivity index (χ3n) is 4.11. The van der Waals surface area contributed by atoms with Crippen molar-refractivity contribution in [2.45, 2.75) is 13.5 Å². The van der Waals surface area contributed by atoms with Crippen molar-refractivity contribution in [1.29, 1.82) is 0 Å². The smallest absolute Gasteiger partial charge is 0.328 e. The number of carboxylic acids is 2. The van der Waals surface area contributed by atoms with Gasteiger partial charge in [-0.05, 0) is 37.2 Å². The number of aliphatic imine (C=N–C) groups is 1. The van der Waals surface area contributed by atoms with Gasteiger partial charge in [-0.3, -0.25) is 9.56 Å². The molecule has 0 atom stereocenters. The standard InChI is InChI=1S/C18H13ClFN3.C4H4O4/c1-11-21-9-13-10-22-18(14-4-2-3-5-16(14)20)15-8-12(19)6-7-17(15)23(11)13;5-3(6)1-2-4(7)8/h2-9H,10H2,1H3;1-2H,(H,5,6)(H,7,8)/b;2-1-/i2D,3D,4D,5D;. The van der Waals surface area contributed by atoms with E-state index in [1.54, 1.807) is 24.4 Å². The zero-order valence-electron chi connectivity index (χ0n) is 20.0. The molecule has 1 aliphatic heterocycles. The maximum absolute atomic E-state index is 14.9. The van der Waals surface area contributed by atoms with E-state index in [-0.39, 0.29) is 17.8 Å². The molecule has 0 saturated carbocycles. The van der Waals surface area contributed by atoms with Crippen LogP contribution in [0.15, 0.2) is 65.7 Å². The van der Waals surface area contributed by atoms with Crippen LogP contribution >= 0.6 is 11.6 Å². The monoisotopic (exact) mass is 445 g/mol. The van der Waals surface area contributed by atoms with Crippen molar-refractivity contribution in [2.24, 2.45) is 4.99 Å². The highest BCUT2D eigenvalue weighted by Gasteiger charge is 2.22. The molecule has 31 heavy (non-hydrogen) atoms. The Bertz CT molecular complexity index is 1380. The maximum atomic E-state index is 14.9. The van der Waals surface area contributed by atoms with Crippen LogP contribution in [0.1, 0.15) is 28.1 Å². The summed E-state index contributed by atoms with van der Waals surface area (Å²) >= 11 is 6.17. The highest BCUT2D eigenvalue weighted by atomic mass is 35.5. The molecule has 0 bridgehead atoms. The number of aryl methyl sites for hydroxylation is 1. The van der Waals surface area contributed by atoms with Crippen LogP contribution in [0.25, 0.3) is 5.69 Å². The van der Waals surface area contributed by atoms with Crippen molar-refractivity contribution in [3.05, 3.63) is 94.2 Å². The van der Waals surface area contributed by atoms with E-state index in [1.165, 1.54) is 0 Å². The summed E-state index contributed by atoms with van der Waals surface area (Å²) in [5, 5.41) is 16.0. The highest BCUT2D eigenvalue weighted by molar-refractivity contribution is 6.31. The van der Waals surface area contributed by atoms with Crippen molar-refractivity contribution in [2.75, 3.05) is 0 Å². The van der Waals surface area contributed by atoms with Gasteiger partial charge in [0.15, 0.2) is 0 Å². The second-order valence-corrected chi connectivity index (χ2v) is 6.59. The summed E-state index contributed by atoms with van der Waals surface area (Å²) in [4.78, 5) is 27.9. The first-order chi connectivity index (χ1) is 16.4. The SMILES string of the molecule is O=C(O)/C=C\C(=O)O.[2H]c1c([2H])c([2H])c(C2=NCc3cnc(C)n3-c3ccc(Cl)cc32)c(F)c1[2H]. The van der Waals surface area contributed by atoms with Crippen LogP contribution < -0.4 is 0 Å². The number of hydrogen-bond donors (Lipinski definition) is 2. The number of fused-ring (bicyclic) bond motifs is 3. The Morgan fingerprint density at radius 1 is 1.19 bits per heavy atom. The van der Waals surface area contributed by atoms with Crippen LogP contribution in [0.5, 0.6) is 0 Å². The van der Waals surface area contributed by atoms with E-state index in [0.29, 0.717) is 28.4 Å². The van der Waals surface area contributed by atoms with Gasteiger partial charge in [0.1, 0.15) is 11.6 Å². The average molecular weight is 446 g/mol. The quantitative estimate of drug-likeness (QED) is 0.592. The fraction of sp³-hybridized carbons (Fsp3) is 0.0909. The lowest BCUT2D eigenvalue weighted by Gasteiger charge is -2.14. The molecule has 3 aromatic rings. The summed E-state index contributed by atoms with van der Waals surface area (Å²) in [5.41, 5.74) is 1.81. The van der Waals surface area contributed by atoms with Gasteiger partial charge in [-0.1, -0.05) is 23.7 Å². The number of aromatic nitrogens is 2. The fourth-order valence-electron chi connectivity index (χ4n) is 2.89. The van der Waals surface area contributed by atoms with Gasteiger partial charge in [-0.2, -0.15) is 0 Å². The molecule has 1 aromatic heterocycles. The Morgan fingerprint density at radius 3 is 2.55 bits per heavy atom. The van der Waals surface area contributed by atoms with Crippen LogP contribution in [-0.2, 0) is 16.1 Å². The third-order valence-corrected chi connectivity index (χ3v) is 4.35. The predicted molar refractivity (Wildman–Crippen MR) is 113 cm³/mol. The molecule has 2 N–H and O–H groups in total. The second-order valence-electron chi connectivity index (χ2n) is 6.16. The largest absolute Gasteiger partial charge is 0.478 e. The number of carboxylic acid groups (broad SMARTS) is 2.